The Bertz CT molecular complexity index is 1660. The Kier molecular flexibility index (Phi) is 6.98. The molecule has 13 heteroatoms. The predicted octanol–water partition coefficient (Wildman–Crippen LogP) is 3.22. The van der Waals surface area contributed by atoms with Crippen LogP contribution in [0.3, 0.4) is 0 Å². The van der Waals surface area contributed by atoms with Crippen molar-refractivity contribution in [2.24, 2.45) is 4.99 Å². The number of ether oxygens (including phenoxy) is 1. The number of piperazine rings is 1. The summed E-state index contributed by atoms with van der Waals surface area (Å²) in [7, 11) is 0. The Morgan fingerprint density at radius 3 is 2.65 bits per heavy atom. The lowest BCUT2D eigenvalue weighted by Crippen LogP contribution is -2.83. The van der Waals surface area contributed by atoms with E-state index < -0.39 is 12.0 Å². The van der Waals surface area contributed by atoms with Gasteiger partial charge >= 0.3 is 12.0 Å². The van der Waals surface area contributed by atoms with Crippen LogP contribution in [0.4, 0.5) is 9.18 Å². The molecule has 0 radical (unpaired) electrons. The molecule has 1 aromatic carbocycles. The molecule has 6 fully saturated rings. The van der Waals surface area contributed by atoms with Crippen LogP contribution in [0, 0.1) is 12.7 Å². The van der Waals surface area contributed by atoms with Crippen LogP contribution >= 0.6 is 11.3 Å². The van der Waals surface area contributed by atoms with Crippen molar-refractivity contribution >= 4 is 35.1 Å². The molecule has 3 saturated carbocycles. The van der Waals surface area contributed by atoms with E-state index in [1.165, 1.54) is 17.4 Å². The molecule has 2 aromatic rings. The summed E-state index contributed by atoms with van der Waals surface area (Å²) in [5.74, 6) is -0.0584. The second-order valence-corrected chi connectivity index (χ2v) is 14.4. The summed E-state index contributed by atoms with van der Waals surface area (Å²) in [6, 6.07) is 4.22. The molecule has 9 rings (SSSR count). The van der Waals surface area contributed by atoms with Crippen LogP contribution in [-0.4, -0.2) is 111 Å². The van der Waals surface area contributed by atoms with E-state index in [9.17, 15) is 18.8 Å². The van der Waals surface area contributed by atoms with Crippen LogP contribution in [-0.2, 0) is 14.3 Å². The number of hydrogen-bond donors (Lipinski definition) is 1. The lowest BCUT2D eigenvalue weighted by molar-refractivity contribution is -0.211. The zero-order chi connectivity index (χ0) is 31.8. The number of nitrogens with one attached hydrogen (secondary N) is 1. The third kappa shape index (κ3) is 4.49. The van der Waals surface area contributed by atoms with Gasteiger partial charge in [-0.1, -0.05) is 12.1 Å². The maximum absolute atomic E-state index is 14.8. The highest BCUT2D eigenvalue weighted by atomic mass is 32.1. The summed E-state index contributed by atoms with van der Waals surface area (Å²) < 4.78 is 20.3. The minimum absolute atomic E-state index is 0.0289. The number of aliphatic imine (C=N–C) groups is 1. The molecule has 2 atom stereocenters. The summed E-state index contributed by atoms with van der Waals surface area (Å²) in [6.45, 7) is 7.47. The van der Waals surface area contributed by atoms with Crippen molar-refractivity contribution in [3.8, 4) is 0 Å². The monoisotopic (exact) mass is 647 g/mol. The van der Waals surface area contributed by atoms with Gasteiger partial charge in [-0.3, -0.25) is 14.7 Å². The van der Waals surface area contributed by atoms with Crippen LogP contribution in [0.25, 0.3) is 0 Å². The molecule has 0 unspecified atom stereocenters. The van der Waals surface area contributed by atoms with Gasteiger partial charge in [-0.15, -0.1) is 11.3 Å². The molecule has 3 amide bonds. The van der Waals surface area contributed by atoms with Crippen LogP contribution in [0.5, 0.6) is 0 Å². The van der Waals surface area contributed by atoms with E-state index in [2.05, 4.69) is 25.0 Å². The Morgan fingerprint density at radius 2 is 1.93 bits per heavy atom. The van der Waals surface area contributed by atoms with Gasteiger partial charge in [0, 0.05) is 68.5 Å². The number of rotatable bonds is 8. The first-order valence-electron chi connectivity index (χ1n) is 16.2. The van der Waals surface area contributed by atoms with Crippen molar-refractivity contribution in [1.82, 2.24) is 29.9 Å². The summed E-state index contributed by atoms with van der Waals surface area (Å²) in [5.41, 5.74) is 1.89. The number of benzene rings is 1. The fourth-order valence-electron chi connectivity index (χ4n) is 8.70. The van der Waals surface area contributed by atoms with Crippen molar-refractivity contribution in [2.75, 3.05) is 45.9 Å². The van der Waals surface area contributed by atoms with E-state index in [1.807, 2.05) is 10.3 Å². The first-order chi connectivity index (χ1) is 22.2. The fourth-order valence-corrected chi connectivity index (χ4v) is 9.29. The number of amides is 3. The Balaban J connectivity index is 1.04. The van der Waals surface area contributed by atoms with E-state index in [1.54, 1.807) is 32.2 Å². The molecule has 0 spiro atoms. The lowest BCUT2D eigenvalue weighted by atomic mass is 9.42. The van der Waals surface area contributed by atoms with Crippen molar-refractivity contribution in [3.63, 3.8) is 0 Å². The second kappa shape index (κ2) is 10.9. The van der Waals surface area contributed by atoms with Gasteiger partial charge in [0.25, 0.3) is 0 Å². The standard InChI is InChI=1S/C33H38FN7O4S/c1-3-45-30(43)26-24(36-28(29-35-9-13-46-29)37-27(26)22-6-4-7-23(34)20(22)2)16-38-11-12-39-21(14-38)15-41(31(39)44)33-17-32(18-33,19-33)40-10-5-8-25(40)42/h4,6-7,9,13,21,27H,3,5,8,10-12,14-19H2,1-2H3,(H,36,37)/t21-,27-,32?,33?/m0/s1. The number of urea groups is 1. The van der Waals surface area contributed by atoms with Gasteiger partial charge in [0.2, 0.25) is 5.91 Å². The van der Waals surface area contributed by atoms with Crippen molar-refractivity contribution < 1.29 is 23.5 Å². The van der Waals surface area contributed by atoms with Gasteiger partial charge in [-0.25, -0.2) is 19.0 Å². The van der Waals surface area contributed by atoms with Crippen LogP contribution in [0.15, 0.2) is 46.0 Å². The molecule has 2 bridgehead atoms. The highest BCUT2D eigenvalue weighted by Gasteiger charge is 2.75. The number of hydrogen-bond acceptors (Lipinski definition) is 9. The van der Waals surface area contributed by atoms with Crippen LogP contribution in [0.2, 0.25) is 0 Å². The number of likely N-dealkylation sites (tertiary alicyclic amines) is 1. The third-order valence-corrected chi connectivity index (χ3v) is 11.7. The molecule has 4 aliphatic heterocycles. The number of esters is 1. The molecular formula is C33H38FN7O4S. The molecular weight excluding hydrogens is 609 g/mol. The summed E-state index contributed by atoms with van der Waals surface area (Å²) in [6.07, 6.45) is 5.95. The van der Waals surface area contributed by atoms with Crippen molar-refractivity contribution in [2.45, 2.75) is 69.1 Å². The molecule has 11 nitrogen and oxygen atoms in total. The summed E-state index contributed by atoms with van der Waals surface area (Å²) >= 11 is 1.43. The predicted molar refractivity (Wildman–Crippen MR) is 169 cm³/mol. The maximum Gasteiger partial charge on any atom is 0.338 e. The Labute approximate surface area is 271 Å². The van der Waals surface area contributed by atoms with Crippen molar-refractivity contribution in [3.05, 3.63) is 63.0 Å². The smallest absolute Gasteiger partial charge is 0.338 e. The molecule has 1 aromatic heterocycles. The van der Waals surface area contributed by atoms with Crippen molar-refractivity contribution in [1.29, 1.82) is 0 Å². The Morgan fingerprint density at radius 1 is 1.13 bits per heavy atom. The van der Waals surface area contributed by atoms with Gasteiger partial charge < -0.3 is 24.8 Å². The zero-order valence-electron chi connectivity index (χ0n) is 26.1. The number of nitrogens with zero attached hydrogens (tertiary/aromatic N) is 6. The topological polar surface area (TPSA) is 111 Å². The first kappa shape index (κ1) is 29.6. The largest absolute Gasteiger partial charge is 0.463 e. The number of amidine groups is 1. The van der Waals surface area contributed by atoms with Gasteiger partial charge in [0.05, 0.1) is 23.8 Å². The van der Waals surface area contributed by atoms with E-state index in [0.717, 1.165) is 32.2 Å². The minimum atomic E-state index is -0.770. The van der Waals surface area contributed by atoms with Gasteiger partial charge in [0.1, 0.15) is 11.9 Å². The van der Waals surface area contributed by atoms with Crippen LogP contribution < -0.4 is 5.32 Å². The number of aromatic nitrogens is 1. The highest BCUT2D eigenvalue weighted by molar-refractivity contribution is 7.11. The van der Waals surface area contributed by atoms with E-state index >= 15 is 0 Å². The second-order valence-electron chi connectivity index (χ2n) is 13.5. The normalized spacial score (nSPS) is 30.6. The molecule has 3 saturated heterocycles. The lowest BCUT2D eigenvalue weighted by Gasteiger charge is -2.75. The highest BCUT2D eigenvalue weighted by Crippen LogP contribution is 2.67. The molecule has 3 aliphatic carbocycles. The molecule has 242 valence electrons. The maximum atomic E-state index is 14.8. The van der Waals surface area contributed by atoms with E-state index in [4.69, 9.17) is 9.73 Å². The molecule has 1 N–H and O–H groups in total. The average molecular weight is 648 g/mol. The summed E-state index contributed by atoms with van der Waals surface area (Å²) in [4.78, 5) is 57.5. The Hall–Kier alpha value is -3.84. The molecule has 46 heavy (non-hydrogen) atoms. The average Bonchev–Trinajstić information content (AvgIpc) is 3.75. The SMILES string of the molecule is CCOC(=O)C1=C(CN2CCN3C(=O)N(C45CC(N6CCCC6=O)(C4)C5)C[C@@H]3C2)NC(c2nccs2)=N[C@H]1c1cccc(F)c1C. The van der Waals surface area contributed by atoms with Gasteiger partial charge in [0.15, 0.2) is 10.8 Å². The first-order valence-corrected chi connectivity index (χ1v) is 17.1. The van der Waals surface area contributed by atoms with Gasteiger partial charge in [-0.2, -0.15) is 0 Å². The quantitative estimate of drug-likeness (QED) is 0.439. The minimum Gasteiger partial charge on any atom is -0.463 e. The van der Waals surface area contributed by atoms with Gasteiger partial charge in [-0.05, 0) is 56.7 Å². The van der Waals surface area contributed by atoms with Crippen LogP contribution in [0.1, 0.15) is 61.2 Å². The third-order valence-electron chi connectivity index (χ3n) is 10.9. The number of thiazole rings is 1. The molecule has 7 aliphatic rings. The number of carbonyl (C=O) groups is 3. The number of fused-ring (bicyclic) bond motifs is 1. The zero-order valence-corrected chi connectivity index (χ0v) is 26.9. The summed E-state index contributed by atoms with van der Waals surface area (Å²) in [5, 5.41) is 5.95. The number of carbonyl (C=O) groups excluding carboxylic acids is 3. The molecule has 5 heterocycles. The number of halogens is 1. The fraction of sp³-hybridized carbons (Fsp3) is 0.545. The van der Waals surface area contributed by atoms with E-state index in [-0.39, 0.29) is 41.5 Å². The van der Waals surface area contributed by atoms with E-state index in [0.29, 0.717) is 72.4 Å².